The fourth-order valence-corrected chi connectivity index (χ4v) is 3.41. The van der Waals surface area contributed by atoms with Crippen molar-refractivity contribution >= 4 is 39.8 Å². The van der Waals surface area contributed by atoms with Gasteiger partial charge in [-0.15, -0.1) is 11.3 Å². The summed E-state index contributed by atoms with van der Waals surface area (Å²) in [5.74, 6) is -0.451. The van der Waals surface area contributed by atoms with Gasteiger partial charge in [-0.3, -0.25) is 4.79 Å². The normalized spacial score (nSPS) is 10.4. The quantitative estimate of drug-likeness (QED) is 0.792. The van der Waals surface area contributed by atoms with Crippen LogP contribution < -0.4 is 10.1 Å². The molecule has 0 saturated carbocycles. The zero-order valence-electron chi connectivity index (χ0n) is 13.9. The van der Waals surface area contributed by atoms with Crippen molar-refractivity contribution in [3.8, 4) is 5.75 Å². The zero-order valence-corrected chi connectivity index (χ0v) is 15.4. The third kappa shape index (κ3) is 3.71. The van der Waals surface area contributed by atoms with Gasteiger partial charge in [-0.2, -0.15) is 0 Å². The van der Waals surface area contributed by atoms with E-state index in [2.05, 4.69) is 5.32 Å². The molecule has 24 heavy (non-hydrogen) atoms. The Morgan fingerprint density at radius 1 is 1.29 bits per heavy atom. The molecule has 0 bridgehead atoms. The molecule has 0 fully saturated rings. The van der Waals surface area contributed by atoms with E-state index in [4.69, 9.17) is 21.1 Å². The number of methoxy groups -OCH3 is 1. The van der Waals surface area contributed by atoms with Crippen LogP contribution in [0, 0.1) is 13.8 Å². The average Bonchev–Trinajstić information content (AvgIpc) is 2.81. The highest BCUT2D eigenvalue weighted by Crippen LogP contribution is 2.34. The average molecular weight is 368 g/mol. The summed E-state index contributed by atoms with van der Waals surface area (Å²) in [4.78, 5) is 25.7. The maximum absolute atomic E-state index is 12.6. The van der Waals surface area contributed by atoms with E-state index in [9.17, 15) is 9.59 Å². The molecule has 128 valence electrons. The fraction of sp³-hybridized carbons (Fsp3) is 0.294. The lowest BCUT2D eigenvalue weighted by molar-refractivity contribution is 0.0527. The van der Waals surface area contributed by atoms with Crippen molar-refractivity contribution in [1.82, 2.24) is 0 Å². The van der Waals surface area contributed by atoms with Gasteiger partial charge >= 0.3 is 5.97 Å². The summed E-state index contributed by atoms with van der Waals surface area (Å²) < 4.78 is 10.3. The first kappa shape index (κ1) is 18.3. The topological polar surface area (TPSA) is 64.6 Å². The number of amides is 1. The summed E-state index contributed by atoms with van der Waals surface area (Å²) in [6.07, 6.45) is 0. The molecule has 0 atom stereocenters. The molecule has 0 aliphatic rings. The maximum Gasteiger partial charge on any atom is 0.341 e. The minimum Gasteiger partial charge on any atom is -0.496 e. The number of hydrogen-bond donors (Lipinski definition) is 1. The number of carbonyl (C=O) groups is 2. The zero-order chi connectivity index (χ0) is 17.9. The van der Waals surface area contributed by atoms with Gasteiger partial charge in [0.1, 0.15) is 10.8 Å². The molecule has 0 aliphatic heterocycles. The Balaban J connectivity index is 2.38. The third-order valence-electron chi connectivity index (χ3n) is 3.50. The Morgan fingerprint density at radius 2 is 2.00 bits per heavy atom. The molecule has 0 spiro atoms. The van der Waals surface area contributed by atoms with Crippen molar-refractivity contribution in [1.29, 1.82) is 0 Å². The molecular formula is C17H18ClNO4S. The molecule has 1 N–H and O–H groups in total. The van der Waals surface area contributed by atoms with Crippen LogP contribution in [-0.2, 0) is 4.74 Å². The summed E-state index contributed by atoms with van der Waals surface area (Å²) in [7, 11) is 1.48. The van der Waals surface area contributed by atoms with Crippen molar-refractivity contribution in [3.05, 3.63) is 44.8 Å². The minimum atomic E-state index is -0.451. The lowest BCUT2D eigenvalue weighted by Gasteiger charge is -2.10. The number of rotatable bonds is 5. The number of esters is 1. The maximum atomic E-state index is 12.6. The molecular weight excluding hydrogens is 350 g/mol. The van der Waals surface area contributed by atoms with Crippen LogP contribution >= 0.6 is 22.9 Å². The monoisotopic (exact) mass is 367 g/mol. The van der Waals surface area contributed by atoms with Crippen LogP contribution in [0.25, 0.3) is 0 Å². The van der Waals surface area contributed by atoms with Gasteiger partial charge in [0.05, 0.1) is 24.8 Å². The highest BCUT2D eigenvalue weighted by Gasteiger charge is 2.23. The van der Waals surface area contributed by atoms with Crippen molar-refractivity contribution in [2.24, 2.45) is 0 Å². The van der Waals surface area contributed by atoms with Crippen molar-refractivity contribution in [2.45, 2.75) is 20.8 Å². The van der Waals surface area contributed by atoms with Gasteiger partial charge in [-0.1, -0.05) is 11.6 Å². The van der Waals surface area contributed by atoms with E-state index in [1.165, 1.54) is 24.5 Å². The molecule has 0 aliphatic carbocycles. The number of benzene rings is 1. The molecule has 0 radical (unpaired) electrons. The Hall–Kier alpha value is -2.05. The van der Waals surface area contributed by atoms with Crippen LogP contribution in [0.15, 0.2) is 18.2 Å². The number of halogens is 1. The molecule has 0 unspecified atom stereocenters. The molecule has 1 aromatic carbocycles. The number of anilines is 1. The SMILES string of the molecule is CCOC(=O)c1c(NC(=O)c2cc(Cl)ccc2OC)sc(C)c1C. The summed E-state index contributed by atoms with van der Waals surface area (Å²) >= 11 is 7.30. The molecule has 5 nitrogen and oxygen atoms in total. The third-order valence-corrected chi connectivity index (χ3v) is 4.86. The van der Waals surface area contributed by atoms with Gasteiger partial charge in [0.15, 0.2) is 0 Å². The molecule has 0 saturated heterocycles. The van der Waals surface area contributed by atoms with Crippen molar-refractivity contribution in [3.63, 3.8) is 0 Å². The number of hydrogen-bond acceptors (Lipinski definition) is 5. The standard InChI is InChI=1S/C17H18ClNO4S/c1-5-23-17(21)14-9(2)10(3)24-16(14)19-15(20)12-8-11(18)6-7-13(12)22-4/h6-8H,5H2,1-4H3,(H,19,20). The predicted octanol–water partition coefficient (Wildman–Crippen LogP) is 4.46. The molecule has 1 amide bonds. The first-order valence-electron chi connectivity index (χ1n) is 7.31. The first-order chi connectivity index (χ1) is 11.4. The number of carbonyl (C=O) groups excluding carboxylic acids is 2. The summed E-state index contributed by atoms with van der Waals surface area (Å²) in [6.45, 7) is 5.72. The number of ether oxygens (including phenoxy) is 2. The Morgan fingerprint density at radius 3 is 2.62 bits per heavy atom. The van der Waals surface area contributed by atoms with E-state index in [0.29, 0.717) is 26.9 Å². The largest absolute Gasteiger partial charge is 0.496 e. The van der Waals surface area contributed by atoms with E-state index in [-0.39, 0.29) is 6.61 Å². The first-order valence-corrected chi connectivity index (χ1v) is 8.50. The van der Waals surface area contributed by atoms with E-state index in [1.807, 2.05) is 13.8 Å². The van der Waals surface area contributed by atoms with Gasteiger partial charge in [-0.25, -0.2) is 4.79 Å². The molecule has 1 heterocycles. The Kier molecular flexibility index (Phi) is 5.85. The van der Waals surface area contributed by atoms with E-state index >= 15 is 0 Å². The smallest absolute Gasteiger partial charge is 0.341 e. The van der Waals surface area contributed by atoms with Gasteiger partial charge in [-0.05, 0) is 44.5 Å². The molecule has 2 rings (SSSR count). The van der Waals surface area contributed by atoms with E-state index in [1.54, 1.807) is 19.1 Å². The predicted molar refractivity (Wildman–Crippen MR) is 95.7 cm³/mol. The van der Waals surface area contributed by atoms with Gasteiger partial charge < -0.3 is 14.8 Å². The van der Waals surface area contributed by atoms with E-state index < -0.39 is 11.9 Å². The van der Waals surface area contributed by atoms with Gasteiger partial charge in [0, 0.05) is 9.90 Å². The van der Waals surface area contributed by atoms with Crippen LogP contribution in [0.3, 0.4) is 0 Å². The van der Waals surface area contributed by atoms with Crippen molar-refractivity contribution in [2.75, 3.05) is 19.0 Å². The minimum absolute atomic E-state index is 0.267. The lowest BCUT2D eigenvalue weighted by atomic mass is 10.1. The van der Waals surface area contributed by atoms with Crippen LogP contribution in [-0.4, -0.2) is 25.6 Å². The summed E-state index contributed by atoms with van der Waals surface area (Å²) in [5, 5.41) is 3.65. The summed E-state index contributed by atoms with van der Waals surface area (Å²) in [6, 6.07) is 4.78. The Labute approximate surface area is 149 Å². The van der Waals surface area contributed by atoms with Crippen molar-refractivity contribution < 1.29 is 19.1 Å². The van der Waals surface area contributed by atoms with Gasteiger partial charge in [0.25, 0.3) is 5.91 Å². The highest BCUT2D eigenvalue weighted by molar-refractivity contribution is 7.16. The fourth-order valence-electron chi connectivity index (χ4n) is 2.19. The lowest BCUT2D eigenvalue weighted by Crippen LogP contribution is -2.15. The van der Waals surface area contributed by atoms with Crippen LogP contribution in [0.1, 0.15) is 38.1 Å². The molecule has 1 aromatic heterocycles. The van der Waals surface area contributed by atoms with Crippen LogP contribution in [0.5, 0.6) is 5.75 Å². The summed E-state index contributed by atoms with van der Waals surface area (Å²) in [5.41, 5.74) is 1.48. The second-order valence-electron chi connectivity index (χ2n) is 5.01. The number of aryl methyl sites for hydroxylation is 1. The second kappa shape index (κ2) is 7.68. The number of thiophene rings is 1. The molecule has 7 heteroatoms. The molecule has 2 aromatic rings. The van der Waals surface area contributed by atoms with Crippen LogP contribution in [0.4, 0.5) is 5.00 Å². The second-order valence-corrected chi connectivity index (χ2v) is 6.67. The van der Waals surface area contributed by atoms with E-state index in [0.717, 1.165) is 10.4 Å². The number of nitrogens with one attached hydrogen (secondary N) is 1. The Bertz CT molecular complexity index is 785. The van der Waals surface area contributed by atoms with Crippen LogP contribution in [0.2, 0.25) is 5.02 Å². The van der Waals surface area contributed by atoms with Gasteiger partial charge in [0.2, 0.25) is 0 Å². The highest BCUT2D eigenvalue weighted by atomic mass is 35.5.